The van der Waals surface area contributed by atoms with Gasteiger partial charge < -0.3 is 5.32 Å². The largest absolute Gasteiger partial charge is 0.326 e. The molecule has 3 amide bonds. The first-order chi connectivity index (χ1) is 12.9. The van der Waals surface area contributed by atoms with Crippen LogP contribution in [0.15, 0.2) is 24.3 Å². The van der Waals surface area contributed by atoms with E-state index in [1.54, 1.807) is 0 Å². The van der Waals surface area contributed by atoms with Crippen LogP contribution in [-0.2, 0) is 4.79 Å². The van der Waals surface area contributed by atoms with Crippen molar-refractivity contribution in [1.29, 1.82) is 0 Å². The second-order valence-corrected chi connectivity index (χ2v) is 8.79. The fraction of sp³-hybridized carbons (Fsp3) is 0.636. The molecule has 5 heteroatoms. The second kappa shape index (κ2) is 6.93. The predicted molar refractivity (Wildman–Crippen MR) is 105 cm³/mol. The standard InChI is InChI=1S/C22H31N3O2/c1-15-9-11-18(12-10-15)19-8-5-13-24(19)14-25-20(26)22(23-21(25)27)16(2)6-4-7-17(22)3/h9-12,16-17,19H,4-8,13-14H2,1-3H3,(H,23,27). The van der Waals surface area contributed by atoms with Crippen molar-refractivity contribution in [3.8, 4) is 0 Å². The molecule has 2 saturated heterocycles. The van der Waals surface area contributed by atoms with Crippen molar-refractivity contribution in [1.82, 2.24) is 15.1 Å². The van der Waals surface area contributed by atoms with Crippen LogP contribution in [0.2, 0.25) is 0 Å². The van der Waals surface area contributed by atoms with E-state index >= 15 is 0 Å². The number of hydrogen-bond acceptors (Lipinski definition) is 3. The van der Waals surface area contributed by atoms with Crippen LogP contribution in [0.25, 0.3) is 0 Å². The average Bonchev–Trinajstić information content (AvgIpc) is 3.20. The van der Waals surface area contributed by atoms with Crippen molar-refractivity contribution in [3.63, 3.8) is 0 Å². The van der Waals surface area contributed by atoms with Crippen LogP contribution in [0.1, 0.15) is 63.1 Å². The van der Waals surface area contributed by atoms with Crippen LogP contribution in [0.3, 0.4) is 0 Å². The number of amides is 3. The van der Waals surface area contributed by atoms with E-state index in [9.17, 15) is 9.59 Å². The highest BCUT2D eigenvalue weighted by Crippen LogP contribution is 2.42. The molecule has 1 N–H and O–H groups in total. The highest BCUT2D eigenvalue weighted by Gasteiger charge is 2.58. The van der Waals surface area contributed by atoms with Gasteiger partial charge in [0.1, 0.15) is 5.54 Å². The van der Waals surface area contributed by atoms with Gasteiger partial charge in [-0.25, -0.2) is 9.69 Å². The minimum Gasteiger partial charge on any atom is -0.323 e. The number of rotatable bonds is 3. The molecule has 2 aliphatic heterocycles. The lowest BCUT2D eigenvalue weighted by Crippen LogP contribution is -2.59. The Balaban J connectivity index is 1.54. The summed E-state index contributed by atoms with van der Waals surface area (Å²) in [6.45, 7) is 7.64. The van der Waals surface area contributed by atoms with Crippen molar-refractivity contribution >= 4 is 11.9 Å². The van der Waals surface area contributed by atoms with E-state index in [-0.39, 0.29) is 29.8 Å². The highest BCUT2D eigenvalue weighted by molar-refractivity contribution is 6.07. The monoisotopic (exact) mass is 369 g/mol. The Morgan fingerprint density at radius 1 is 1.04 bits per heavy atom. The molecule has 27 heavy (non-hydrogen) atoms. The molecule has 0 radical (unpaired) electrons. The molecule has 3 fully saturated rings. The van der Waals surface area contributed by atoms with Crippen LogP contribution >= 0.6 is 0 Å². The number of likely N-dealkylation sites (tertiary alicyclic amines) is 1. The Kier molecular flexibility index (Phi) is 4.75. The van der Waals surface area contributed by atoms with E-state index in [4.69, 9.17) is 0 Å². The van der Waals surface area contributed by atoms with Gasteiger partial charge in [-0.1, -0.05) is 50.1 Å². The molecular formula is C22H31N3O2. The fourth-order valence-electron chi connectivity index (χ4n) is 5.42. The lowest BCUT2D eigenvalue weighted by molar-refractivity contribution is -0.138. The molecule has 1 aromatic rings. The van der Waals surface area contributed by atoms with Gasteiger partial charge in [-0.05, 0) is 50.0 Å². The zero-order valence-electron chi connectivity index (χ0n) is 16.7. The SMILES string of the molecule is Cc1ccc(C2CCCN2CN2C(=O)NC3(C2=O)C(C)CCCC3C)cc1. The Labute approximate surface area is 162 Å². The third-order valence-corrected chi connectivity index (χ3v) is 7.14. The molecule has 3 unspecified atom stereocenters. The van der Waals surface area contributed by atoms with Crippen molar-refractivity contribution in [2.24, 2.45) is 11.8 Å². The number of urea groups is 1. The molecule has 2 heterocycles. The molecule has 1 spiro atoms. The number of benzene rings is 1. The normalized spacial score (nSPS) is 34.5. The number of aryl methyl sites for hydroxylation is 1. The Bertz CT molecular complexity index is 720. The number of nitrogens with one attached hydrogen (secondary N) is 1. The van der Waals surface area contributed by atoms with E-state index in [0.29, 0.717) is 6.67 Å². The first kappa shape index (κ1) is 18.5. The number of nitrogens with zero attached hydrogens (tertiary/aromatic N) is 2. The van der Waals surface area contributed by atoms with Crippen LogP contribution in [-0.4, -0.2) is 40.5 Å². The smallest absolute Gasteiger partial charge is 0.323 e. The van der Waals surface area contributed by atoms with Gasteiger partial charge in [-0.3, -0.25) is 9.69 Å². The maximum atomic E-state index is 13.4. The summed E-state index contributed by atoms with van der Waals surface area (Å²) in [4.78, 5) is 30.0. The van der Waals surface area contributed by atoms with Crippen LogP contribution in [0, 0.1) is 18.8 Å². The number of carbonyl (C=O) groups is 2. The summed E-state index contributed by atoms with van der Waals surface area (Å²) in [5.41, 5.74) is 1.83. The minimum absolute atomic E-state index is 0.0123. The van der Waals surface area contributed by atoms with Gasteiger partial charge in [0.25, 0.3) is 5.91 Å². The van der Waals surface area contributed by atoms with Gasteiger partial charge in [0.05, 0.1) is 6.67 Å². The van der Waals surface area contributed by atoms with E-state index in [1.807, 2.05) is 0 Å². The summed E-state index contributed by atoms with van der Waals surface area (Å²) in [7, 11) is 0. The highest BCUT2D eigenvalue weighted by atomic mass is 16.2. The van der Waals surface area contributed by atoms with E-state index in [2.05, 4.69) is 55.3 Å². The van der Waals surface area contributed by atoms with Gasteiger partial charge in [0.2, 0.25) is 0 Å². The fourth-order valence-corrected chi connectivity index (χ4v) is 5.42. The molecular weight excluding hydrogens is 338 g/mol. The molecule has 1 aromatic carbocycles. The zero-order valence-corrected chi connectivity index (χ0v) is 16.7. The van der Waals surface area contributed by atoms with Crippen molar-refractivity contribution in [2.75, 3.05) is 13.2 Å². The molecule has 3 aliphatic rings. The maximum Gasteiger partial charge on any atom is 0.326 e. The topological polar surface area (TPSA) is 52.6 Å². The Hall–Kier alpha value is -1.88. The molecule has 146 valence electrons. The molecule has 5 nitrogen and oxygen atoms in total. The molecule has 1 saturated carbocycles. The molecule has 0 aromatic heterocycles. The third kappa shape index (κ3) is 2.96. The van der Waals surface area contributed by atoms with E-state index in [1.165, 1.54) is 16.0 Å². The van der Waals surface area contributed by atoms with E-state index < -0.39 is 5.54 Å². The Morgan fingerprint density at radius 3 is 2.37 bits per heavy atom. The molecule has 0 bridgehead atoms. The van der Waals surface area contributed by atoms with Crippen LogP contribution in [0.5, 0.6) is 0 Å². The second-order valence-electron chi connectivity index (χ2n) is 8.79. The summed E-state index contributed by atoms with van der Waals surface area (Å²) in [6.07, 6.45) is 5.31. The summed E-state index contributed by atoms with van der Waals surface area (Å²) in [6, 6.07) is 8.70. The average molecular weight is 370 g/mol. The maximum absolute atomic E-state index is 13.4. The summed E-state index contributed by atoms with van der Waals surface area (Å²) in [5, 5.41) is 3.12. The first-order valence-electron chi connectivity index (χ1n) is 10.4. The third-order valence-electron chi connectivity index (χ3n) is 7.14. The van der Waals surface area contributed by atoms with Crippen LogP contribution < -0.4 is 5.32 Å². The lowest BCUT2D eigenvalue weighted by atomic mass is 9.67. The predicted octanol–water partition coefficient (Wildman–Crippen LogP) is 3.84. The van der Waals surface area contributed by atoms with Crippen molar-refractivity contribution in [2.45, 2.75) is 64.5 Å². The van der Waals surface area contributed by atoms with Crippen molar-refractivity contribution in [3.05, 3.63) is 35.4 Å². The number of carbonyl (C=O) groups excluding carboxylic acids is 2. The summed E-state index contributed by atoms with van der Waals surface area (Å²) in [5.74, 6) is 0.366. The van der Waals surface area contributed by atoms with Gasteiger partial charge in [-0.15, -0.1) is 0 Å². The van der Waals surface area contributed by atoms with Crippen LogP contribution in [0.4, 0.5) is 4.79 Å². The lowest BCUT2D eigenvalue weighted by Gasteiger charge is -2.42. The van der Waals surface area contributed by atoms with Crippen molar-refractivity contribution < 1.29 is 9.59 Å². The number of hydrogen-bond donors (Lipinski definition) is 1. The Morgan fingerprint density at radius 2 is 1.70 bits per heavy atom. The van der Waals surface area contributed by atoms with Gasteiger partial charge in [-0.2, -0.15) is 0 Å². The summed E-state index contributed by atoms with van der Waals surface area (Å²) >= 11 is 0. The molecule has 1 aliphatic carbocycles. The molecule has 3 atom stereocenters. The minimum atomic E-state index is -0.700. The van der Waals surface area contributed by atoms with E-state index in [0.717, 1.165) is 38.6 Å². The van der Waals surface area contributed by atoms with Gasteiger partial charge in [0.15, 0.2) is 0 Å². The zero-order chi connectivity index (χ0) is 19.2. The quantitative estimate of drug-likeness (QED) is 0.824. The summed E-state index contributed by atoms with van der Waals surface area (Å²) < 4.78 is 0. The first-order valence-corrected chi connectivity index (χ1v) is 10.4. The number of imide groups is 1. The van der Waals surface area contributed by atoms with Gasteiger partial charge in [0, 0.05) is 12.6 Å². The van der Waals surface area contributed by atoms with Gasteiger partial charge >= 0.3 is 6.03 Å². The molecule has 4 rings (SSSR count).